The Morgan fingerprint density at radius 1 is 1.50 bits per heavy atom. The van der Waals surface area contributed by atoms with Gasteiger partial charge in [0, 0.05) is 12.5 Å². The van der Waals surface area contributed by atoms with Crippen LogP contribution in [0.3, 0.4) is 0 Å². The Balaban J connectivity index is 3.88. The fraction of sp³-hybridized carbons (Fsp3) is 0.750. The van der Waals surface area contributed by atoms with Crippen molar-refractivity contribution >= 4 is 7.82 Å². The number of allylic oxidation sites excluding steroid dienone is 1. The number of ether oxygens (including phenoxy) is 1. The normalized spacial score (nSPS) is 16.1. The van der Waals surface area contributed by atoms with Crippen molar-refractivity contribution in [1.29, 1.82) is 0 Å². The minimum absolute atomic E-state index is 0.226. The SMILES string of the molecule is C=C(OCOP(=O)(O)OC)C(C)(C)C. The van der Waals surface area contributed by atoms with E-state index >= 15 is 0 Å². The Kier molecular flexibility index (Phi) is 4.81. The van der Waals surface area contributed by atoms with Gasteiger partial charge in [0.1, 0.15) is 0 Å². The Morgan fingerprint density at radius 2 is 2.00 bits per heavy atom. The van der Waals surface area contributed by atoms with Crippen LogP contribution in [-0.4, -0.2) is 18.8 Å². The fourth-order valence-electron chi connectivity index (χ4n) is 0.433. The third kappa shape index (κ3) is 5.40. The highest BCUT2D eigenvalue weighted by Gasteiger charge is 2.21. The zero-order valence-electron chi connectivity index (χ0n) is 8.94. The van der Waals surface area contributed by atoms with Crippen LogP contribution in [0.4, 0.5) is 0 Å². The molecule has 84 valence electrons. The molecule has 0 saturated heterocycles. The highest BCUT2D eigenvalue weighted by molar-refractivity contribution is 7.47. The fourth-order valence-corrected chi connectivity index (χ4v) is 0.725. The van der Waals surface area contributed by atoms with Crippen molar-refractivity contribution in [3.05, 3.63) is 12.3 Å². The van der Waals surface area contributed by atoms with Crippen LogP contribution in [0.25, 0.3) is 0 Å². The Morgan fingerprint density at radius 3 is 2.36 bits per heavy atom. The molecule has 14 heavy (non-hydrogen) atoms. The lowest BCUT2D eigenvalue weighted by atomic mass is 9.95. The quantitative estimate of drug-likeness (QED) is 0.441. The minimum atomic E-state index is -3.95. The average Bonchev–Trinajstić information content (AvgIpc) is 2.02. The van der Waals surface area contributed by atoms with E-state index in [9.17, 15) is 4.57 Å². The second kappa shape index (κ2) is 4.94. The molecule has 0 saturated carbocycles. The van der Waals surface area contributed by atoms with Crippen LogP contribution in [0.15, 0.2) is 12.3 Å². The van der Waals surface area contributed by atoms with Crippen molar-refractivity contribution in [2.24, 2.45) is 5.41 Å². The number of phosphoric acid groups is 1. The average molecular weight is 224 g/mol. The Bertz CT molecular complexity index is 243. The lowest BCUT2D eigenvalue weighted by Crippen LogP contribution is -2.12. The van der Waals surface area contributed by atoms with E-state index in [1.54, 1.807) is 0 Å². The molecular weight excluding hydrogens is 207 g/mol. The van der Waals surface area contributed by atoms with Gasteiger partial charge >= 0.3 is 7.82 Å². The molecule has 5 nitrogen and oxygen atoms in total. The van der Waals surface area contributed by atoms with Crippen molar-refractivity contribution in [1.82, 2.24) is 0 Å². The van der Waals surface area contributed by atoms with Crippen molar-refractivity contribution in [2.75, 3.05) is 13.9 Å². The molecule has 0 aromatic rings. The van der Waals surface area contributed by atoms with Crippen molar-refractivity contribution in [2.45, 2.75) is 20.8 Å². The summed E-state index contributed by atoms with van der Waals surface area (Å²) in [6, 6.07) is 0. The first-order valence-corrected chi connectivity index (χ1v) is 5.54. The number of hydrogen-bond acceptors (Lipinski definition) is 4. The first-order valence-electron chi connectivity index (χ1n) is 4.04. The lowest BCUT2D eigenvalue weighted by molar-refractivity contribution is 0.0134. The first-order chi connectivity index (χ1) is 6.19. The van der Waals surface area contributed by atoms with Gasteiger partial charge < -0.3 is 9.63 Å². The van der Waals surface area contributed by atoms with Gasteiger partial charge in [-0.2, -0.15) is 0 Å². The van der Waals surface area contributed by atoms with Crippen LogP contribution in [0.2, 0.25) is 0 Å². The smallest absolute Gasteiger partial charge is 0.471 e. The van der Waals surface area contributed by atoms with Crippen LogP contribution in [0, 0.1) is 5.41 Å². The molecule has 0 rings (SSSR count). The molecule has 1 atom stereocenters. The van der Waals surface area contributed by atoms with E-state index in [0.29, 0.717) is 5.76 Å². The van der Waals surface area contributed by atoms with E-state index in [2.05, 4.69) is 15.6 Å². The summed E-state index contributed by atoms with van der Waals surface area (Å²) in [5, 5.41) is 0. The topological polar surface area (TPSA) is 65.0 Å². The van der Waals surface area contributed by atoms with E-state index < -0.39 is 7.82 Å². The monoisotopic (exact) mass is 224 g/mol. The largest absolute Gasteiger partial charge is 0.474 e. The van der Waals surface area contributed by atoms with Crippen molar-refractivity contribution in [3.8, 4) is 0 Å². The molecule has 0 aromatic carbocycles. The van der Waals surface area contributed by atoms with Gasteiger partial charge in [0.25, 0.3) is 0 Å². The summed E-state index contributed by atoms with van der Waals surface area (Å²) in [5.74, 6) is 0.480. The van der Waals surface area contributed by atoms with Crippen LogP contribution in [-0.2, 0) is 18.3 Å². The van der Waals surface area contributed by atoms with E-state index in [0.717, 1.165) is 7.11 Å². The summed E-state index contributed by atoms with van der Waals surface area (Å²) in [5.41, 5.74) is -0.226. The van der Waals surface area contributed by atoms with Gasteiger partial charge in [-0.05, 0) is 0 Å². The first kappa shape index (κ1) is 13.7. The Hall–Kier alpha value is -0.350. The third-order valence-electron chi connectivity index (χ3n) is 1.52. The van der Waals surface area contributed by atoms with Gasteiger partial charge in [-0.1, -0.05) is 27.4 Å². The molecule has 1 N–H and O–H groups in total. The number of hydrogen-bond donors (Lipinski definition) is 1. The molecule has 0 radical (unpaired) electrons. The van der Waals surface area contributed by atoms with Crippen LogP contribution < -0.4 is 0 Å². The lowest BCUT2D eigenvalue weighted by Gasteiger charge is -2.22. The van der Waals surface area contributed by atoms with Crippen LogP contribution in [0.5, 0.6) is 0 Å². The molecule has 0 aliphatic heterocycles. The van der Waals surface area contributed by atoms with E-state index in [1.807, 2.05) is 20.8 Å². The Labute approximate surface area is 84.3 Å². The van der Waals surface area contributed by atoms with Gasteiger partial charge in [-0.15, -0.1) is 0 Å². The zero-order chi connectivity index (χ0) is 11.4. The molecule has 0 bridgehead atoms. The summed E-state index contributed by atoms with van der Waals surface area (Å²) in [7, 11) is -2.87. The maximum absolute atomic E-state index is 10.8. The molecule has 0 spiro atoms. The minimum Gasteiger partial charge on any atom is -0.471 e. The predicted octanol–water partition coefficient (Wildman–Crippen LogP) is 2.28. The van der Waals surface area contributed by atoms with Crippen molar-refractivity contribution < 1.29 is 23.2 Å². The summed E-state index contributed by atoms with van der Waals surface area (Å²) in [6.07, 6.45) is 0. The van der Waals surface area contributed by atoms with Gasteiger partial charge in [-0.3, -0.25) is 4.52 Å². The second-order valence-electron chi connectivity index (χ2n) is 3.72. The predicted molar refractivity (Wildman–Crippen MR) is 52.5 cm³/mol. The molecule has 0 heterocycles. The number of phosphoric ester groups is 1. The highest BCUT2D eigenvalue weighted by atomic mass is 31.2. The maximum Gasteiger partial charge on any atom is 0.474 e. The van der Waals surface area contributed by atoms with E-state index in [4.69, 9.17) is 9.63 Å². The molecule has 0 aliphatic rings. The third-order valence-corrected chi connectivity index (χ3v) is 2.41. The van der Waals surface area contributed by atoms with E-state index in [1.165, 1.54) is 0 Å². The summed E-state index contributed by atoms with van der Waals surface area (Å²) < 4.78 is 24.5. The molecule has 1 unspecified atom stereocenters. The molecule has 0 aromatic heterocycles. The standard InChI is InChI=1S/C8H17O5P/c1-7(8(2,3)4)12-6-13-14(9,10)11-5/h1,6H2,2-5H3,(H,9,10). The molecular formula is C8H17O5P. The van der Waals surface area contributed by atoms with Crippen LogP contribution in [0.1, 0.15) is 20.8 Å². The molecule has 0 aliphatic carbocycles. The summed E-state index contributed by atoms with van der Waals surface area (Å²) in [6.45, 7) is 9.03. The number of rotatable bonds is 5. The molecule has 0 fully saturated rings. The molecule has 6 heteroatoms. The van der Waals surface area contributed by atoms with Crippen LogP contribution >= 0.6 is 7.82 Å². The maximum atomic E-state index is 10.8. The van der Waals surface area contributed by atoms with Gasteiger partial charge in [0.2, 0.25) is 0 Å². The van der Waals surface area contributed by atoms with Gasteiger partial charge in [0.15, 0.2) is 6.79 Å². The van der Waals surface area contributed by atoms with Gasteiger partial charge in [-0.25, -0.2) is 9.09 Å². The van der Waals surface area contributed by atoms with E-state index in [-0.39, 0.29) is 12.2 Å². The molecule has 0 amide bonds. The van der Waals surface area contributed by atoms with Gasteiger partial charge in [0.05, 0.1) is 5.76 Å². The summed E-state index contributed by atoms with van der Waals surface area (Å²) >= 11 is 0. The van der Waals surface area contributed by atoms with Crippen molar-refractivity contribution in [3.63, 3.8) is 0 Å². The summed E-state index contributed by atoms with van der Waals surface area (Å²) in [4.78, 5) is 8.84. The highest BCUT2D eigenvalue weighted by Crippen LogP contribution is 2.42. The zero-order valence-corrected chi connectivity index (χ0v) is 9.84. The second-order valence-corrected chi connectivity index (χ2v) is 5.28.